The van der Waals surface area contributed by atoms with E-state index in [4.69, 9.17) is 4.42 Å². The van der Waals surface area contributed by atoms with E-state index in [-0.39, 0.29) is 16.9 Å². The van der Waals surface area contributed by atoms with E-state index in [9.17, 15) is 14.9 Å². The van der Waals surface area contributed by atoms with Crippen molar-refractivity contribution in [3.8, 4) is 5.69 Å². The third-order valence-electron chi connectivity index (χ3n) is 4.32. The molecule has 1 amide bonds. The molecule has 0 aliphatic rings. The second-order valence-electron chi connectivity index (χ2n) is 6.18. The molecule has 2 heterocycles. The van der Waals surface area contributed by atoms with E-state index in [1.54, 1.807) is 6.92 Å². The van der Waals surface area contributed by atoms with Gasteiger partial charge in [0.15, 0.2) is 0 Å². The van der Waals surface area contributed by atoms with Crippen LogP contribution in [0.5, 0.6) is 0 Å². The quantitative estimate of drug-likeness (QED) is 0.421. The first-order valence-electron chi connectivity index (χ1n) is 8.45. The number of rotatable bonds is 5. The van der Waals surface area contributed by atoms with Gasteiger partial charge in [-0.3, -0.25) is 14.9 Å². The number of amides is 1. The van der Waals surface area contributed by atoms with Crippen LogP contribution in [-0.2, 0) is 0 Å². The van der Waals surface area contributed by atoms with Crippen molar-refractivity contribution in [3.05, 3.63) is 82.6 Å². The fourth-order valence-corrected chi connectivity index (χ4v) is 2.90. The number of carbonyl (C=O) groups is 1. The second kappa shape index (κ2) is 6.95. The minimum Gasteiger partial charge on any atom is -0.459 e. The van der Waals surface area contributed by atoms with E-state index >= 15 is 0 Å². The van der Waals surface area contributed by atoms with Crippen LogP contribution in [0.25, 0.3) is 16.7 Å². The van der Waals surface area contributed by atoms with Gasteiger partial charge in [0.1, 0.15) is 29.7 Å². The molecule has 0 spiro atoms. The first kappa shape index (κ1) is 17.4. The molecule has 28 heavy (non-hydrogen) atoms. The standard InChI is InChI=1S/C19H15N5O4/c1-12(18-9-13-4-2-3-5-17(13)28-18)22-19(25)14-6-7-15(16(8-14)24(26)27)23-11-20-10-21-23/h2-12H,1H3,(H,22,25). The summed E-state index contributed by atoms with van der Waals surface area (Å²) < 4.78 is 7.03. The highest BCUT2D eigenvalue weighted by molar-refractivity contribution is 5.95. The number of fused-ring (bicyclic) bond motifs is 1. The average Bonchev–Trinajstić information content (AvgIpc) is 3.37. The number of nitrogens with zero attached hydrogens (tertiary/aromatic N) is 4. The van der Waals surface area contributed by atoms with Gasteiger partial charge >= 0.3 is 0 Å². The summed E-state index contributed by atoms with van der Waals surface area (Å²) in [4.78, 5) is 27.3. The monoisotopic (exact) mass is 377 g/mol. The van der Waals surface area contributed by atoms with Gasteiger partial charge in [-0.2, -0.15) is 5.10 Å². The van der Waals surface area contributed by atoms with Gasteiger partial charge in [-0.15, -0.1) is 0 Å². The molecule has 0 bridgehead atoms. The Balaban J connectivity index is 1.59. The maximum atomic E-state index is 12.6. The van der Waals surface area contributed by atoms with Gasteiger partial charge in [0.05, 0.1) is 11.0 Å². The number of carbonyl (C=O) groups excluding carboxylic acids is 1. The Bertz CT molecular complexity index is 1130. The molecule has 4 rings (SSSR count). The van der Waals surface area contributed by atoms with Crippen LogP contribution in [0.15, 0.2) is 65.6 Å². The van der Waals surface area contributed by atoms with E-state index in [2.05, 4.69) is 15.4 Å². The molecule has 9 nitrogen and oxygen atoms in total. The molecular weight excluding hydrogens is 362 g/mol. The lowest BCUT2D eigenvalue weighted by molar-refractivity contribution is -0.384. The molecule has 0 aliphatic heterocycles. The normalized spacial score (nSPS) is 12.0. The Morgan fingerprint density at radius 1 is 1.25 bits per heavy atom. The molecule has 0 aliphatic carbocycles. The summed E-state index contributed by atoms with van der Waals surface area (Å²) in [6, 6.07) is 13.2. The van der Waals surface area contributed by atoms with Crippen LogP contribution < -0.4 is 5.32 Å². The van der Waals surface area contributed by atoms with Crippen molar-refractivity contribution in [2.75, 3.05) is 0 Å². The number of aromatic nitrogens is 3. The zero-order valence-electron chi connectivity index (χ0n) is 14.8. The molecule has 2 aromatic carbocycles. The molecule has 0 saturated heterocycles. The van der Waals surface area contributed by atoms with Crippen molar-refractivity contribution in [1.82, 2.24) is 20.1 Å². The van der Waals surface area contributed by atoms with Crippen molar-refractivity contribution in [1.29, 1.82) is 0 Å². The van der Waals surface area contributed by atoms with Gasteiger partial charge in [-0.25, -0.2) is 9.67 Å². The van der Waals surface area contributed by atoms with Gasteiger partial charge in [0, 0.05) is 17.0 Å². The summed E-state index contributed by atoms with van der Waals surface area (Å²) in [5.74, 6) is 0.157. The molecule has 9 heteroatoms. The van der Waals surface area contributed by atoms with Crippen LogP contribution in [0.3, 0.4) is 0 Å². The van der Waals surface area contributed by atoms with Crippen LogP contribution in [0.2, 0.25) is 0 Å². The first-order valence-corrected chi connectivity index (χ1v) is 8.45. The number of para-hydroxylation sites is 1. The maximum absolute atomic E-state index is 12.6. The van der Waals surface area contributed by atoms with Crippen LogP contribution in [0, 0.1) is 10.1 Å². The number of hydrogen-bond donors (Lipinski definition) is 1. The van der Waals surface area contributed by atoms with Crippen LogP contribution in [-0.4, -0.2) is 25.6 Å². The fraction of sp³-hybridized carbons (Fsp3) is 0.105. The Morgan fingerprint density at radius 3 is 2.79 bits per heavy atom. The molecule has 0 radical (unpaired) electrons. The molecule has 1 atom stereocenters. The van der Waals surface area contributed by atoms with Gasteiger partial charge in [0.2, 0.25) is 0 Å². The Kier molecular flexibility index (Phi) is 4.32. The number of benzene rings is 2. The first-order chi connectivity index (χ1) is 13.5. The van der Waals surface area contributed by atoms with E-state index in [1.165, 1.54) is 35.5 Å². The molecule has 2 aromatic heterocycles. The Hall–Kier alpha value is -4.01. The largest absolute Gasteiger partial charge is 0.459 e. The minimum atomic E-state index is -0.559. The third-order valence-corrected chi connectivity index (χ3v) is 4.32. The maximum Gasteiger partial charge on any atom is 0.295 e. The Morgan fingerprint density at radius 2 is 2.07 bits per heavy atom. The number of nitro benzene ring substituents is 1. The summed E-state index contributed by atoms with van der Waals surface area (Å²) in [6.07, 6.45) is 2.63. The molecule has 0 fully saturated rings. The van der Waals surface area contributed by atoms with Gasteiger partial charge in [-0.05, 0) is 31.2 Å². The van der Waals surface area contributed by atoms with Crippen molar-refractivity contribution in [2.45, 2.75) is 13.0 Å². The average molecular weight is 377 g/mol. The van der Waals surface area contributed by atoms with Gasteiger partial charge < -0.3 is 9.73 Å². The lowest BCUT2D eigenvalue weighted by Gasteiger charge is -2.12. The van der Waals surface area contributed by atoms with E-state index < -0.39 is 16.9 Å². The number of furan rings is 1. The second-order valence-corrected chi connectivity index (χ2v) is 6.18. The SMILES string of the molecule is CC(NC(=O)c1ccc(-n2cncn2)c([N+](=O)[O-])c1)c1cc2ccccc2o1. The lowest BCUT2D eigenvalue weighted by atomic mass is 10.1. The summed E-state index contributed by atoms with van der Waals surface area (Å²) in [7, 11) is 0. The predicted octanol–water partition coefficient (Wildman–Crippen LogP) is 3.41. The molecule has 1 N–H and O–H groups in total. The summed E-state index contributed by atoms with van der Waals surface area (Å²) in [5, 5.41) is 19.1. The van der Waals surface area contributed by atoms with E-state index in [1.807, 2.05) is 30.3 Å². The minimum absolute atomic E-state index is 0.165. The van der Waals surface area contributed by atoms with Crippen LogP contribution in [0.1, 0.15) is 29.1 Å². The van der Waals surface area contributed by atoms with Gasteiger partial charge in [0.25, 0.3) is 11.6 Å². The third kappa shape index (κ3) is 3.20. The fourth-order valence-electron chi connectivity index (χ4n) is 2.90. The highest BCUT2D eigenvalue weighted by Gasteiger charge is 2.21. The van der Waals surface area contributed by atoms with E-state index in [0.717, 1.165) is 11.0 Å². The summed E-state index contributed by atoms with van der Waals surface area (Å²) >= 11 is 0. The predicted molar refractivity (Wildman–Crippen MR) is 100 cm³/mol. The highest BCUT2D eigenvalue weighted by atomic mass is 16.6. The highest BCUT2D eigenvalue weighted by Crippen LogP contribution is 2.26. The molecular formula is C19H15N5O4. The van der Waals surface area contributed by atoms with Crippen LogP contribution >= 0.6 is 0 Å². The van der Waals surface area contributed by atoms with Crippen molar-refractivity contribution in [2.24, 2.45) is 0 Å². The van der Waals surface area contributed by atoms with Crippen molar-refractivity contribution < 1.29 is 14.1 Å². The molecule has 0 saturated carbocycles. The van der Waals surface area contributed by atoms with Gasteiger partial charge in [-0.1, -0.05) is 18.2 Å². The topological polar surface area (TPSA) is 116 Å². The molecule has 140 valence electrons. The zero-order chi connectivity index (χ0) is 19.7. The molecule has 4 aromatic rings. The van der Waals surface area contributed by atoms with Crippen molar-refractivity contribution in [3.63, 3.8) is 0 Å². The summed E-state index contributed by atoms with van der Waals surface area (Å²) in [6.45, 7) is 1.79. The molecule has 1 unspecified atom stereocenters. The van der Waals surface area contributed by atoms with Crippen LogP contribution in [0.4, 0.5) is 5.69 Å². The number of nitrogens with one attached hydrogen (secondary N) is 1. The summed E-state index contributed by atoms with van der Waals surface area (Å²) in [5.41, 5.74) is 0.879. The smallest absolute Gasteiger partial charge is 0.295 e. The zero-order valence-corrected chi connectivity index (χ0v) is 14.8. The Labute approximate surface area is 158 Å². The van der Waals surface area contributed by atoms with Crippen molar-refractivity contribution >= 4 is 22.6 Å². The number of hydrogen-bond acceptors (Lipinski definition) is 6. The van der Waals surface area contributed by atoms with E-state index in [0.29, 0.717) is 5.76 Å². The lowest BCUT2D eigenvalue weighted by Crippen LogP contribution is -2.26. The number of nitro groups is 1.